The van der Waals surface area contributed by atoms with E-state index in [9.17, 15) is 0 Å². The summed E-state index contributed by atoms with van der Waals surface area (Å²) in [6.45, 7) is 14.4. The Hall–Kier alpha value is -0.0800. The molecule has 0 radical (unpaired) electrons. The molecule has 3 atom stereocenters. The molecule has 0 aromatic heterocycles. The van der Waals surface area contributed by atoms with E-state index in [1.165, 1.54) is 38.8 Å². The monoisotopic (exact) mass is 238 g/mol. The maximum atomic E-state index is 6.35. The minimum atomic E-state index is 0.0550. The summed E-state index contributed by atoms with van der Waals surface area (Å²) in [5.41, 5.74) is 7.02. The van der Waals surface area contributed by atoms with Crippen LogP contribution in [0.3, 0.4) is 0 Å². The first-order valence-corrected chi connectivity index (χ1v) is 7.26. The van der Waals surface area contributed by atoms with Gasteiger partial charge in [-0.15, -0.1) is 0 Å². The van der Waals surface area contributed by atoms with Gasteiger partial charge in [-0.2, -0.15) is 0 Å². The summed E-state index contributed by atoms with van der Waals surface area (Å²) in [5.74, 6) is 0.656. The molecule has 1 aliphatic heterocycles. The Morgan fingerprint density at radius 3 is 2.00 bits per heavy atom. The minimum absolute atomic E-state index is 0.0550. The molecule has 0 spiro atoms. The maximum absolute atomic E-state index is 6.35. The van der Waals surface area contributed by atoms with Crippen LogP contribution in [0.15, 0.2) is 0 Å². The lowest BCUT2D eigenvalue weighted by atomic mass is 9.74. The fourth-order valence-corrected chi connectivity index (χ4v) is 3.89. The summed E-state index contributed by atoms with van der Waals surface area (Å²) in [7, 11) is 0. The van der Waals surface area contributed by atoms with Crippen molar-refractivity contribution in [2.24, 2.45) is 17.1 Å². The molecule has 1 saturated heterocycles. The van der Waals surface area contributed by atoms with Gasteiger partial charge in [0.05, 0.1) is 0 Å². The molecule has 0 amide bonds. The van der Waals surface area contributed by atoms with Crippen LogP contribution in [0.1, 0.15) is 60.3 Å². The summed E-state index contributed by atoms with van der Waals surface area (Å²) in [6, 6.07) is 0. The second-order valence-corrected chi connectivity index (χ2v) is 7.43. The minimum Gasteiger partial charge on any atom is -0.325 e. The molecule has 3 unspecified atom stereocenters. The molecule has 2 fully saturated rings. The molecule has 0 aromatic carbocycles. The normalized spacial score (nSPS) is 41.3. The number of nitrogens with zero attached hydrogens (tertiary/aromatic N) is 1. The Kier molecular flexibility index (Phi) is 3.11. The third-order valence-corrected chi connectivity index (χ3v) is 6.10. The second-order valence-electron chi connectivity index (χ2n) is 7.43. The van der Waals surface area contributed by atoms with Crippen LogP contribution in [0, 0.1) is 11.3 Å². The molecular weight excluding hydrogens is 208 g/mol. The van der Waals surface area contributed by atoms with Gasteiger partial charge in [-0.05, 0) is 64.5 Å². The van der Waals surface area contributed by atoms with Crippen molar-refractivity contribution in [1.29, 1.82) is 0 Å². The lowest BCUT2D eigenvalue weighted by Crippen LogP contribution is -2.54. The van der Waals surface area contributed by atoms with E-state index in [0.717, 1.165) is 0 Å². The smallest absolute Gasteiger partial charge is 0.0190 e. The number of hydrogen-bond donors (Lipinski definition) is 1. The average molecular weight is 238 g/mol. The zero-order chi connectivity index (χ0) is 12.9. The molecule has 0 bridgehead atoms. The molecule has 2 N–H and O–H groups in total. The molecule has 0 aromatic rings. The van der Waals surface area contributed by atoms with Crippen molar-refractivity contribution in [3.05, 3.63) is 0 Å². The van der Waals surface area contributed by atoms with Gasteiger partial charge in [-0.1, -0.05) is 20.3 Å². The summed E-state index contributed by atoms with van der Waals surface area (Å²) in [6.07, 6.45) is 5.32. The van der Waals surface area contributed by atoms with Crippen LogP contribution in [-0.4, -0.2) is 29.1 Å². The highest BCUT2D eigenvalue weighted by atomic mass is 15.2. The van der Waals surface area contributed by atoms with Gasteiger partial charge in [0.2, 0.25) is 0 Å². The van der Waals surface area contributed by atoms with Gasteiger partial charge in [-0.25, -0.2) is 0 Å². The molecule has 1 saturated carbocycles. The van der Waals surface area contributed by atoms with Crippen molar-refractivity contribution in [1.82, 2.24) is 4.90 Å². The zero-order valence-corrected chi connectivity index (χ0v) is 12.3. The SMILES string of the molecule is CC(C(C)(C)N1CCCCC1)C1(C)CC1(C)N. The summed E-state index contributed by atoms with van der Waals surface area (Å²) < 4.78 is 0. The van der Waals surface area contributed by atoms with E-state index < -0.39 is 0 Å². The van der Waals surface area contributed by atoms with E-state index in [-0.39, 0.29) is 11.1 Å². The predicted octanol–water partition coefficient (Wildman–Crippen LogP) is 3.01. The Bertz CT molecular complexity index is 289. The van der Waals surface area contributed by atoms with E-state index in [2.05, 4.69) is 39.5 Å². The fraction of sp³-hybridized carbons (Fsp3) is 1.00. The molecule has 1 aliphatic carbocycles. The predicted molar refractivity (Wildman–Crippen MR) is 74.0 cm³/mol. The second kappa shape index (κ2) is 3.96. The van der Waals surface area contributed by atoms with Crippen molar-refractivity contribution in [3.8, 4) is 0 Å². The average Bonchev–Trinajstić information content (AvgIpc) is 2.79. The molecule has 100 valence electrons. The van der Waals surface area contributed by atoms with Crippen LogP contribution in [0.25, 0.3) is 0 Å². The zero-order valence-electron chi connectivity index (χ0n) is 12.3. The molecule has 17 heavy (non-hydrogen) atoms. The quantitative estimate of drug-likeness (QED) is 0.819. The molecule has 2 heteroatoms. The summed E-state index contributed by atoms with van der Waals surface area (Å²) in [5, 5.41) is 0. The third kappa shape index (κ3) is 2.04. The van der Waals surface area contributed by atoms with Crippen LogP contribution in [0.5, 0.6) is 0 Å². The van der Waals surface area contributed by atoms with Crippen molar-refractivity contribution in [2.75, 3.05) is 13.1 Å². The maximum Gasteiger partial charge on any atom is 0.0190 e. The number of hydrogen-bond acceptors (Lipinski definition) is 2. The van der Waals surface area contributed by atoms with Gasteiger partial charge in [-0.3, -0.25) is 4.90 Å². The van der Waals surface area contributed by atoms with Crippen molar-refractivity contribution < 1.29 is 0 Å². The molecule has 2 rings (SSSR count). The molecule has 2 aliphatic rings. The van der Waals surface area contributed by atoms with Crippen LogP contribution in [0.4, 0.5) is 0 Å². The first kappa shape index (κ1) is 13.4. The third-order valence-electron chi connectivity index (χ3n) is 6.10. The largest absolute Gasteiger partial charge is 0.325 e. The van der Waals surface area contributed by atoms with Crippen LogP contribution in [0.2, 0.25) is 0 Å². The lowest BCUT2D eigenvalue weighted by Gasteiger charge is -2.48. The van der Waals surface area contributed by atoms with E-state index in [1.807, 2.05) is 0 Å². The van der Waals surface area contributed by atoms with E-state index in [4.69, 9.17) is 5.73 Å². The van der Waals surface area contributed by atoms with E-state index >= 15 is 0 Å². The highest BCUT2D eigenvalue weighted by Crippen LogP contribution is 2.61. The summed E-state index contributed by atoms with van der Waals surface area (Å²) in [4.78, 5) is 2.70. The van der Waals surface area contributed by atoms with Crippen molar-refractivity contribution in [3.63, 3.8) is 0 Å². The number of likely N-dealkylation sites (tertiary alicyclic amines) is 1. The topological polar surface area (TPSA) is 29.3 Å². The highest BCUT2D eigenvalue weighted by molar-refractivity contribution is 5.19. The highest BCUT2D eigenvalue weighted by Gasteiger charge is 2.64. The Morgan fingerprint density at radius 2 is 1.59 bits per heavy atom. The lowest BCUT2D eigenvalue weighted by molar-refractivity contribution is 0.0192. The standard InChI is InChI=1S/C15H30N2/c1-12(14(4)11-15(14,5)16)13(2,3)17-9-7-6-8-10-17/h12H,6-11,16H2,1-5H3. The van der Waals surface area contributed by atoms with Crippen molar-refractivity contribution in [2.45, 2.75) is 71.4 Å². The Balaban J connectivity index is 2.09. The fourth-order valence-electron chi connectivity index (χ4n) is 3.89. The van der Waals surface area contributed by atoms with Gasteiger partial charge in [0.15, 0.2) is 0 Å². The van der Waals surface area contributed by atoms with Crippen LogP contribution in [-0.2, 0) is 0 Å². The molecular formula is C15H30N2. The van der Waals surface area contributed by atoms with Gasteiger partial charge in [0.1, 0.15) is 0 Å². The number of nitrogens with two attached hydrogens (primary N) is 1. The van der Waals surface area contributed by atoms with Gasteiger partial charge < -0.3 is 5.73 Å². The van der Waals surface area contributed by atoms with Gasteiger partial charge in [0.25, 0.3) is 0 Å². The number of rotatable bonds is 3. The summed E-state index contributed by atoms with van der Waals surface area (Å²) >= 11 is 0. The van der Waals surface area contributed by atoms with Crippen molar-refractivity contribution >= 4 is 0 Å². The van der Waals surface area contributed by atoms with Gasteiger partial charge >= 0.3 is 0 Å². The molecule has 2 nitrogen and oxygen atoms in total. The van der Waals surface area contributed by atoms with E-state index in [1.54, 1.807) is 0 Å². The molecule has 1 heterocycles. The Morgan fingerprint density at radius 1 is 1.12 bits per heavy atom. The van der Waals surface area contributed by atoms with Crippen LogP contribution >= 0.6 is 0 Å². The van der Waals surface area contributed by atoms with E-state index in [0.29, 0.717) is 11.3 Å². The van der Waals surface area contributed by atoms with Crippen LogP contribution < -0.4 is 5.73 Å². The Labute approximate surface area is 107 Å². The number of piperidine rings is 1. The first-order valence-electron chi connectivity index (χ1n) is 7.26. The van der Waals surface area contributed by atoms with Gasteiger partial charge in [0, 0.05) is 11.1 Å². The first-order chi connectivity index (χ1) is 7.72.